The first-order chi connectivity index (χ1) is 12.5. The number of nitrogens with zero attached hydrogens (tertiary/aromatic N) is 1. The number of nitro groups is 1. The maximum atomic E-state index is 13.1. The molecular weight excluding hydrogens is 412 g/mol. The number of carbonyl (C=O) groups excluding carboxylic acids is 1. The van der Waals surface area contributed by atoms with Gasteiger partial charge in [-0.25, -0.2) is 0 Å². The summed E-state index contributed by atoms with van der Waals surface area (Å²) in [5.74, 6) is -0.908. The first-order valence-electron chi connectivity index (χ1n) is 7.27. The number of hydrogen-bond donors (Lipinski definition) is 1. The molecule has 0 aliphatic rings. The van der Waals surface area contributed by atoms with Gasteiger partial charge in [0.2, 0.25) is 0 Å². The van der Waals surface area contributed by atoms with E-state index in [0.717, 1.165) is 18.2 Å². The fourth-order valence-corrected chi connectivity index (χ4v) is 2.43. The molecule has 0 spiro atoms. The van der Waals surface area contributed by atoms with Crippen LogP contribution in [0, 0.1) is 10.1 Å². The highest BCUT2D eigenvalue weighted by molar-refractivity contribution is 6.32. The topological polar surface area (TPSA) is 81.5 Å². The molecule has 144 valence electrons. The van der Waals surface area contributed by atoms with Crippen LogP contribution >= 0.6 is 23.2 Å². The Morgan fingerprint density at radius 1 is 1.22 bits per heavy atom. The maximum Gasteiger partial charge on any atom is 0.418 e. The monoisotopic (exact) mass is 422 g/mol. The molecule has 0 aliphatic carbocycles. The molecule has 0 aliphatic heterocycles. The second-order valence-corrected chi connectivity index (χ2v) is 6.15. The number of amides is 1. The third kappa shape index (κ3) is 5.24. The van der Waals surface area contributed by atoms with E-state index in [0.29, 0.717) is 6.07 Å². The van der Waals surface area contributed by atoms with Crippen molar-refractivity contribution >= 4 is 40.5 Å². The lowest BCUT2D eigenvalue weighted by Crippen LogP contribution is -2.31. The average Bonchev–Trinajstić information content (AvgIpc) is 2.57. The summed E-state index contributed by atoms with van der Waals surface area (Å²) in [5.41, 5.74) is -1.87. The summed E-state index contributed by atoms with van der Waals surface area (Å²) in [7, 11) is 0. The number of nitrogens with one attached hydrogen (secondary N) is 1. The number of hydrogen-bond acceptors (Lipinski definition) is 4. The first kappa shape index (κ1) is 20.8. The molecule has 2 aromatic carbocycles. The number of halogens is 5. The lowest BCUT2D eigenvalue weighted by atomic mass is 10.1. The Bertz CT molecular complexity index is 890. The maximum absolute atomic E-state index is 13.1. The first-order valence-corrected chi connectivity index (χ1v) is 8.03. The Morgan fingerprint density at radius 2 is 1.89 bits per heavy atom. The largest absolute Gasteiger partial charge is 0.479 e. The van der Waals surface area contributed by atoms with Crippen molar-refractivity contribution in [3.05, 3.63) is 62.1 Å². The van der Waals surface area contributed by atoms with Gasteiger partial charge in [0.15, 0.2) is 6.10 Å². The molecule has 6 nitrogen and oxygen atoms in total. The van der Waals surface area contributed by atoms with Gasteiger partial charge in [-0.15, -0.1) is 0 Å². The second kappa shape index (κ2) is 8.01. The molecule has 27 heavy (non-hydrogen) atoms. The summed E-state index contributed by atoms with van der Waals surface area (Å²) in [6.07, 6.45) is -5.96. The van der Waals surface area contributed by atoms with Crippen molar-refractivity contribution in [1.29, 1.82) is 0 Å². The standard InChI is InChI=1S/C16H11Cl2F3N2O4/c1-8(27-14-5-3-10(23(25)26)7-12(14)18)15(24)22-13-4-2-9(17)6-11(13)16(19,20)21/h2-8H,1H3,(H,22,24). The van der Waals surface area contributed by atoms with E-state index < -0.39 is 34.4 Å². The summed E-state index contributed by atoms with van der Waals surface area (Å²) in [5, 5.41) is 12.5. The van der Waals surface area contributed by atoms with E-state index in [2.05, 4.69) is 5.32 Å². The molecule has 0 aromatic heterocycles. The number of carbonyl (C=O) groups is 1. The number of ether oxygens (including phenoxy) is 1. The van der Waals surface area contributed by atoms with Crippen LogP contribution in [0.4, 0.5) is 24.5 Å². The van der Waals surface area contributed by atoms with Gasteiger partial charge in [-0.1, -0.05) is 23.2 Å². The van der Waals surface area contributed by atoms with Crippen molar-refractivity contribution in [2.75, 3.05) is 5.32 Å². The summed E-state index contributed by atoms with van der Waals surface area (Å²) < 4.78 is 44.5. The highest BCUT2D eigenvalue weighted by Gasteiger charge is 2.34. The third-order valence-corrected chi connectivity index (χ3v) is 3.87. The molecule has 0 saturated carbocycles. The zero-order chi connectivity index (χ0) is 20.4. The quantitative estimate of drug-likeness (QED) is 0.521. The lowest BCUT2D eigenvalue weighted by Gasteiger charge is -2.18. The predicted molar refractivity (Wildman–Crippen MR) is 93.3 cm³/mol. The van der Waals surface area contributed by atoms with Crippen LogP contribution in [0.3, 0.4) is 0 Å². The van der Waals surface area contributed by atoms with Gasteiger partial charge in [-0.2, -0.15) is 13.2 Å². The zero-order valence-electron chi connectivity index (χ0n) is 13.5. The number of anilines is 1. The summed E-state index contributed by atoms with van der Waals surface area (Å²) in [4.78, 5) is 22.2. The van der Waals surface area contributed by atoms with Gasteiger partial charge in [0.1, 0.15) is 5.75 Å². The molecule has 0 fully saturated rings. The number of alkyl halides is 3. The van der Waals surface area contributed by atoms with Crippen LogP contribution in [0.15, 0.2) is 36.4 Å². The normalized spacial score (nSPS) is 12.4. The van der Waals surface area contributed by atoms with E-state index in [1.807, 2.05) is 0 Å². The Kier molecular flexibility index (Phi) is 6.17. The molecule has 2 aromatic rings. The number of rotatable bonds is 5. The van der Waals surface area contributed by atoms with Gasteiger partial charge >= 0.3 is 6.18 Å². The van der Waals surface area contributed by atoms with Gasteiger partial charge in [0.25, 0.3) is 11.6 Å². The van der Waals surface area contributed by atoms with Crippen molar-refractivity contribution in [3.8, 4) is 5.75 Å². The van der Waals surface area contributed by atoms with Crippen LogP contribution in [-0.2, 0) is 11.0 Å². The SMILES string of the molecule is CC(Oc1ccc([N+](=O)[O-])cc1Cl)C(=O)Nc1ccc(Cl)cc1C(F)(F)F. The van der Waals surface area contributed by atoms with Crippen molar-refractivity contribution in [2.45, 2.75) is 19.2 Å². The minimum atomic E-state index is -4.72. The number of non-ortho nitro benzene ring substituents is 1. The minimum Gasteiger partial charge on any atom is -0.479 e. The van der Waals surface area contributed by atoms with Crippen LogP contribution in [0.1, 0.15) is 12.5 Å². The lowest BCUT2D eigenvalue weighted by molar-refractivity contribution is -0.384. The Labute approximate surface area is 161 Å². The van der Waals surface area contributed by atoms with Crippen LogP contribution in [0.5, 0.6) is 5.75 Å². The molecule has 1 amide bonds. The van der Waals surface area contributed by atoms with Crippen molar-refractivity contribution < 1.29 is 27.6 Å². The van der Waals surface area contributed by atoms with Gasteiger partial charge < -0.3 is 10.1 Å². The fourth-order valence-electron chi connectivity index (χ4n) is 2.04. The number of benzene rings is 2. The highest BCUT2D eigenvalue weighted by atomic mass is 35.5. The molecule has 0 bridgehead atoms. The Balaban J connectivity index is 2.16. The summed E-state index contributed by atoms with van der Waals surface area (Å²) >= 11 is 11.4. The molecule has 1 atom stereocenters. The molecule has 1 unspecified atom stereocenters. The smallest absolute Gasteiger partial charge is 0.418 e. The summed E-state index contributed by atoms with van der Waals surface area (Å²) in [6, 6.07) is 6.25. The zero-order valence-corrected chi connectivity index (χ0v) is 15.0. The highest BCUT2D eigenvalue weighted by Crippen LogP contribution is 2.36. The van der Waals surface area contributed by atoms with Crippen LogP contribution in [0.25, 0.3) is 0 Å². The molecule has 0 heterocycles. The van der Waals surface area contributed by atoms with Crippen molar-refractivity contribution in [3.63, 3.8) is 0 Å². The van der Waals surface area contributed by atoms with Crippen LogP contribution in [0.2, 0.25) is 10.0 Å². The van der Waals surface area contributed by atoms with Crippen molar-refractivity contribution in [2.24, 2.45) is 0 Å². The molecule has 11 heteroatoms. The molecule has 1 N–H and O–H groups in total. The van der Waals surface area contributed by atoms with Crippen LogP contribution in [-0.4, -0.2) is 16.9 Å². The number of nitro benzene ring substituents is 1. The van der Waals surface area contributed by atoms with E-state index in [-0.39, 0.29) is 21.5 Å². The molecular formula is C16H11Cl2F3N2O4. The van der Waals surface area contributed by atoms with E-state index in [9.17, 15) is 28.1 Å². The third-order valence-electron chi connectivity index (χ3n) is 3.34. The Hall–Kier alpha value is -2.52. The molecule has 0 radical (unpaired) electrons. The fraction of sp³-hybridized carbons (Fsp3) is 0.188. The van der Waals surface area contributed by atoms with Gasteiger partial charge in [-0.3, -0.25) is 14.9 Å². The van der Waals surface area contributed by atoms with Gasteiger partial charge in [0, 0.05) is 17.2 Å². The summed E-state index contributed by atoms with van der Waals surface area (Å²) in [6.45, 7) is 1.29. The van der Waals surface area contributed by atoms with E-state index in [1.165, 1.54) is 19.1 Å². The predicted octanol–water partition coefficient (Wildman–Crippen LogP) is 5.33. The van der Waals surface area contributed by atoms with Crippen LogP contribution < -0.4 is 10.1 Å². The average molecular weight is 423 g/mol. The van der Waals surface area contributed by atoms with E-state index >= 15 is 0 Å². The van der Waals surface area contributed by atoms with Crippen molar-refractivity contribution in [1.82, 2.24) is 0 Å². The molecule has 2 rings (SSSR count). The minimum absolute atomic E-state index is 0.0305. The van der Waals surface area contributed by atoms with Gasteiger partial charge in [0.05, 0.1) is 21.2 Å². The Morgan fingerprint density at radius 3 is 2.44 bits per heavy atom. The van der Waals surface area contributed by atoms with Gasteiger partial charge in [-0.05, 0) is 31.2 Å². The van der Waals surface area contributed by atoms with E-state index in [1.54, 1.807) is 0 Å². The van der Waals surface area contributed by atoms with E-state index in [4.69, 9.17) is 27.9 Å². The second-order valence-electron chi connectivity index (χ2n) is 5.31. The molecule has 0 saturated heterocycles.